The number of fused-ring (bicyclic) bond motifs is 10. The van der Waals surface area contributed by atoms with E-state index in [1.165, 1.54) is 0 Å². The van der Waals surface area contributed by atoms with E-state index in [0.717, 1.165) is 44.1 Å². The molecule has 2 aliphatic rings. The third kappa shape index (κ3) is 1.56. The summed E-state index contributed by atoms with van der Waals surface area (Å²) < 4.78 is 0. The summed E-state index contributed by atoms with van der Waals surface area (Å²) in [6, 6.07) is 13.6. The highest BCUT2D eigenvalue weighted by Crippen LogP contribution is 2.48. The molecule has 0 atom stereocenters. The summed E-state index contributed by atoms with van der Waals surface area (Å²) in [6.45, 7) is 0. The third-order valence-electron chi connectivity index (χ3n) is 5.45. The lowest BCUT2D eigenvalue weighted by Crippen LogP contribution is -2.20. The minimum absolute atomic E-state index is 0.332. The lowest BCUT2D eigenvalue weighted by atomic mass is 9.92. The maximum atomic E-state index is 12.7. The first-order chi connectivity index (χ1) is 12.6. The summed E-state index contributed by atoms with van der Waals surface area (Å²) in [6.07, 6.45) is 0.708. The Morgan fingerprint density at radius 2 is 1.73 bits per heavy atom. The van der Waals surface area contributed by atoms with Crippen LogP contribution in [-0.4, -0.2) is 16.8 Å². The highest BCUT2D eigenvalue weighted by Gasteiger charge is 2.38. The van der Waals surface area contributed by atoms with Gasteiger partial charge in [-0.25, -0.2) is 0 Å². The molecule has 2 amide bonds. The van der Waals surface area contributed by atoms with Gasteiger partial charge in [0.15, 0.2) is 0 Å². The van der Waals surface area contributed by atoms with Crippen LogP contribution in [0.4, 0.5) is 0 Å². The van der Waals surface area contributed by atoms with E-state index < -0.39 is 0 Å². The topological polar surface area (TPSA) is 62.0 Å². The predicted molar refractivity (Wildman–Crippen MR) is 101 cm³/mol. The molecule has 0 spiro atoms. The second-order valence-corrected chi connectivity index (χ2v) is 7.22. The van der Waals surface area contributed by atoms with E-state index in [2.05, 4.69) is 10.3 Å². The number of aromatic nitrogens is 1. The van der Waals surface area contributed by atoms with Gasteiger partial charge < -0.3 is 4.98 Å². The summed E-state index contributed by atoms with van der Waals surface area (Å²) in [5.74, 6) is -0.667. The van der Waals surface area contributed by atoms with Gasteiger partial charge in [0, 0.05) is 33.3 Å². The maximum Gasteiger partial charge on any atom is 0.259 e. The number of carbonyl (C=O) groups is 2. The molecule has 6 rings (SSSR count). The Morgan fingerprint density at radius 1 is 0.923 bits per heavy atom. The molecule has 0 unspecified atom stereocenters. The molecule has 124 valence electrons. The van der Waals surface area contributed by atoms with E-state index in [-0.39, 0.29) is 11.8 Å². The lowest BCUT2D eigenvalue weighted by molar-refractivity contribution is 0.0880. The van der Waals surface area contributed by atoms with Crippen LogP contribution >= 0.6 is 11.6 Å². The number of carbonyl (C=O) groups excluding carboxylic acids is 2. The fourth-order valence-corrected chi connectivity index (χ4v) is 4.61. The van der Waals surface area contributed by atoms with Crippen molar-refractivity contribution in [2.24, 2.45) is 0 Å². The van der Waals surface area contributed by atoms with Crippen LogP contribution in [0, 0.1) is 0 Å². The van der Waals surface area contributed by atoms with Gasteiger partial charge in [-0.15, -0.1) is 0 Å². The number of H-pyrrole nitrogens is 1. The number of hydrogen-bond donors (Lipinski definition) is 2. The number of rotatable bonds is 0. The zero-order valence-electron chi connectivity index (χ0n) is 13.4. The molecule has 4 aromatic rings. The van der Waals surface area contributed by atoms with E-state index >= 15 is 0 Å². The summed E-state index contributed by atoms with van der Waals surface area (Å²) in [4.78, 5) is 28.8. The van der Waals surface area contributed by atoms with Crippen molar-refractivity contribution in [3.8, 4) is 11.1 Å². The summed E-state index contributed by atoms with van der Waals surface area (Å²) in [5.41, 5.74) is 6.77. The maximum absolute atomic E-state index is 12.7. The zero-order valence-corrected chi connectivity index (χ0v) is 14.2. The van der Waals surface area contributed by atoms with Gasteiger partial charge in [0.2, 0.25) is 0 Å². The molecule has 4 nitrogen and oxygen atoms in total. The quantitative estimate of drug-likeness (QED) is 0.402. The van der Waals surface area contributed by atoms with Crippen molar-refractivity contribution in [3.63, 3.8) is 0 Å². The van der Waals surface area contributed by atoms with E-state index in [0.29, 0.717) is 22.6 Å². The van der Waals surface area contributed by atoms with E-state index in [9.17, 15) is 9.59 Å². The highest BCUT2D eigenvalue weighted by atomic mass is 35.5. The average Bonchev–Trinajstić information content (AvgIpc) is 3.26. The fourth-order valence-electron chi connectivity index (χ4n) is 4.44. The number of para-hydroxylation sites is 1. The van der Waals surface area contributed by atoms with Gasteiger partial charge in [0.05, 0.1) is 16.6 Å². The predicted octanol–water partition coefficient (Wildman–Crippen LogP) is 4.43. The monoisotopic (exact) mass is 358 g/mol. The van der Waals surface area contributed by atoms with Crippen molar-refractivity contribution in [1.29, 1.82) is 0 Å². The van der Waals surface area contributed by atoms with Gasteiger partial charge in [-0.2, -0.15) is 0 Å². The molecule has 26 heavy (non-hydrogen) atoms. The van der Waals surface area contributed by atoms with Crippen molar-refractivity contribution in [3.05, 3.63) is 69.7 Å². The molecule has 2 N–H and O–H groups in total. The van der Waals surface area contributed by atoms with Crippen LogP contribution in [0.3, 0.4) is 0 Å². The standard InChI is InChI=1S/C21H11ClN2O2/c22-10-6-5-9-7-13-15(12(9)8-10)17-18(21(26)24-20(17)25)16-11-3-1-2-4-14(11)23-19(13)16/h1-6,8,23H,7H2,(H,24,25,26). The van der Waals surface area contributed by atoms with E-state index in [1.807, 2.05) is 42.5 Å². The molecule has 1 aliphatic carbocycles. The molecular weight excluding hydrogens is 348 g/mol. The Bertz CT molecular complexity index is 1330. The molecule has 5 heteroatoms. The first kappa shape index (κ1) is 14.1. The third-order valence-corrected chi connectivity index (χ3v) is 5.68. The number of aromatic amines is 1. The molecule has 1 aromatic heterocycles. The minimum atomic E-state index is -0.335. The first-order valence-corrected chi connectivity index (χ1v) is 8.75. The van der Waals surface area contributed by atoms with Crippen LogP contribution in [0.15, 0.2) is 42.5 Å². The summed E-state index contributed by atoms with van der Waals surface area (Å²) in [5, 5.41) is 4.89. The number of hydrogen-bond acceptors (Lipinski definition) is 2. The Hall–Kier alpha value is -3.11. The van der Waals surface area contributed by atoms with Crippen LogP contribution in [-0.2, 0) is 6.42 Å². The van der Waals surface area contributed by atoms with Gasteiger partial charge in [0.1, 0.15) is 0 Å². The number of imide groups is 1. The molecule has 0 bridgehead atoms. The van der Waals surface area contributed by atoms with Crippen LogP contribution in [0.5, 0.6) is 0 Å². The van der Waals surface area contributed by atoms with Crippen molar-refractivity contribution in [2.75, 3.05) is 0 Å². The second-order valence-electron chi connectivity index (χ2n) is 6.79. The van der Waals surface area contributed by atoms with Gasteiger partial charge in [0.25, 0.3) is 11.8 Å². The lowest BCUT2D eigenvalue weighted by Gasteiger charge is -2.09. The molecule has 0 saturated heterocycles. The van der Waals surface area contributed by atoms with Gasteiger partial charge >= 0.3 is 0 Å². The molecule has 0 radical (unpaired) electrons. The van der Waals surface area contributed by atoms with E-state index in [4.69, 9.17) is 11.6 Å². The summed E-state index contributed by atoms with van der Waals surface area (Å²) >= 11 is 6.21. The summed E-state index contributed by atoms with van der Waals surface area (Å²) in [7, 11) is 0. The Labute approximate surface area is 152 Å². The molecule has 2 heterocycles. The van der Waals surface area contributed by atoms with Crippen molar-refractivity contribution in [1.82, 2.24) is 10.3 Å². The fraction of sp³-hybridized carbons (Fsp3) is 0.0476. The molecular formula is C21H11ClN2O2. The van der Waals surface area contributed by atoms with Crippen molar-refractivity contribution >= 4 is 45.2 Å². The number of amides is 2. The second kappa shape index (κ2) is 4.54. The van der Waals surface area contributed by atoms with Crippen LogP contribution in [0.25, 0.3) is 32.9 Å². The largest absolute Gasteiger partial charge is 0.354 e. The number of benzene rings is 3. The number of halogens is 1. The highest BCUT2D eigenvalue weighted by molar-refractivity contribution is 6.34. The Morgan fingerprint density at radius 3 is 2.62 bits per heavy atom. The van der Waals surface area contributed by atoms with Crippen molar-refractivity contribution < 1.29 is 9.59 Å². The van der Waals surface area contributed by atoms with Gasteiger partial charge in [-0.1, -0.05) is 35.9 Å². The number of nitrogens with one attached hydrogen (secondary N) is 2. The molecule has 3 aromatic carbocycles. The van der Waals surface area contributed by atoms with Crippen LogP contribution < -0.4 is 5.32 Å². The Kier molecular flexibility index (Phi) is 2.46. The molecule has 0 saturated carbocycles. The first-order valence-electron chi connectivity index (χ1n) is 8.37. The molecule has 0 fully saturated rings. The van der Waals surface area contributed by atoms with Crippen molar-refractivity contribution in [2.45, 2.75) is 6.42 Å². The van der Waals surface area contributed by atoms with Crippen LogP contribution in [0.1, 0.15) is 31.8 Å². The van der Waals surface area contributed by atoms with Crippen LogP contribution in [0.2, 0.25) is 5.02 Å². The smallest absolute Gasteiger partial charge is 0.259 e. The Balaban J connectivity index is 1.89. The van der Waals surface area contributed by atoms with Gasteiger partial charge in [-0.05, 0) is 34.9 Å². The van der Waals surface area contributed by atoms with E-state index in [1.54, 1.807) is 0 Å². The zero-order chi connectivity index (χ0) is 17.6. The average molecular weight is 359 g/mol. The van der Waals surface area contributed by atoms with Gasteiger partial charge in [-0.3, -0.25) is 14.9 Å². The molecule has 1 aliphatic heterocycles. The minimum Gasteiger partial charge on any atom is -0.354 e. The normalized spacial score (nSPS) is 14.7. The SMILES string of the molecule is O=C1NC(=O)c2c1c1c(c3[nH]c4ccccc4c23)Cc2ccc(Cl)cc2-1.